The Morgan fingerprint density at radius 2 is 1.93 bits per heavy atom. The summed E-state index contributed by atoms with van der Waals surface area (Å²) in [6.07, 6.45) is 1.41. The monoisotopic (exact) mass is 210 g/mol. The average Bonchev–Trinajstić information content (AvgIpc) is 2.57. The average molecular weight is 210 g/mol. The van der Waals surface area contributed by atoms with Crippen molar-refractivity contribution in [3.8, 4) is 0 Å². The zero-order chi connectivity index (χ0) is 10.3. The van der Waals surface area contributed by atoms with Crippen molar-refractivity contribution in [1.29, 1.82) is 0 Å². The van der Waals surface area contributed by atoms with Crippen molar-refractivity contribution in [3.05, 3.63) is 0 Å². The van der Waals surface area contributed by atoms with Crippen molar-refractivity contribution in [1.82, 2.24) is 9.80 Å². The van der Waals surface area contributed by atoms with E-state index < -0.39 is 0 Å². The van der Waals surface area contributed by atoms with E-state index in [0.29, 0.717) is 0 Å². The summed E-state index contributed by atoms with van der Waals surface area (Å²) in [6.45, 7) is 10.8. The lowest BCUT2D eigenvalue weighted by atomic mass is 9.88. The number of ether oxygens (including phenoxy) is 1. The van der Waals surface area contributed by atoms with Gasteiger partial charge in [0.05, 0.1) is 19.3 Å². The molecule has 0 saturated carbocycles. The highest BCUT2D eigenvalue weighted by Crippen LogP contribution is 2.32. The predicted octanol–water partition coefficient (Wildman–Crippen LogP) is 0.659. The molecule has 0 N–H and O–H groups in total. The number of rotatable bonds is 2. The molecular weight excluding hydrogens is 188 g/mol. The van der Waals surface area contributed by atoms with E-state index in [1.165, 1.54) is 39.1 Å². The largest absolute Gasteiger partial charge is 0.378 e. The molecule has 15 heavy (non-hydrogen) atoms. The van der Waals surface area contributed by atoms with Crippen molar-refractivity contribution in [2.75, 3.05) is 45.9 Å². The number of nitrogens with zero attached hydrogens (tertiary/aromatic N) is 2. The minimum absolute atomic E-state index is 0.752. The lowest BCUT2D eigenvalue weighted by Crippen LogP contribution is -2.54. The molecule has 2 atom stereocenters. The molecule has 0 aromatic carbocycles. The lowest BCUT2D eigenvalue weighted by molar-refractivity contribution is -0.0791. The van der Waals surface area contributed by atoms with Gasteiger partial charge in [0.2, 0.25) is 0 Å². The first-order chi connectivity index (χ1) is 7.36. The van der Waals surface area contributed by atoms with Crippen LogP contribution in [0.5, 0.6) is 0 Å². The molecule has 0 aliphatic carbocycles. The second-order valence-corrected chi connectivity index (χ2v) is 5.35. The van der Waals surface area contributed by atoms with E-state index >= 15 is 0 Å². The summed E-state index contributed by atoms with van der Waals surface area (Å²) in [6, 6.07) is 0.752. The Morgan fingerprint density at radius 3 is 2.60 bits per heavy atom. The molecule has 3 heterocycles. The summed E-state index contributed by atoms with van der Waals surface area (Å²) in [4.78, 5) is 5.29. The molecule has 86 valence electrons. The third-order valence-electron chi connectivity index (χ3n) is 4.49. The summed E-state index contributed by atoms with van der Waals surface area (Å²) >= 11 is 0. The van der Waals surface area contributed by atoms with Crippen LogP contribution in [0.25, 0.3) is 0 Å². The maximum Gasteiger partial charge on any atom is 0.0645 e. The molecule has 3 aliphatic rings. The van der Waals surface area contributed by atoms with Gasteiger partial charge in [-0.2, -0.15) is 0 Å². The number of fused-ring (bicyclic) bond motifs is 1. The maximum absolute atomic E-state index is 5.29. The van der Waals surface area contributed by atoms with E-state index in [2.05, 4.69) is 16.7 Å². The zero-order valence-electron chi connectivity index (χ0n) is 9.69. The van der Waals surface area contributed by atoms with E-state index in [0.717, 1.165) is 31.1 Å². The van der Waals surface area contributed by atoms with Crippen molar-refractivity contribution in [2.45, 2.75) is 19.4 Å². The molecule has 3 rings (SSSR count). The van der Waals surface area contributed by atoms with Crippen LogP contribution < -0.4 is 0 Å². The maximum atomic E-state index is 5.29. The van der Waals surface area contributed by atoms with Gasteiger partial charge in [-0.05, 0) is 31.3 Å². The van der Waals surface area contributed by atoms with Crippen LogP contribution in [0.3, 0.4) is 0 Å². The van der Waals surface area contributed by atoms with Crippen LogP contribution in [0, 0.1) is 11.8 Å². The molecule has 3 saturated heterocycles. The minimum Gasteiger partial charge on any atom is -0.378 e. The van der Waals surface area contributed by atoms with Gasteiger partial charge in [-0.25, -0.2) is 0 Å². The number of piperidine rings is 1. The Morgan fingerprint density at radius 1 is 1.13 bits per heavy atom. The number of hydrogen-bond acceptors (Lipinski definition) is 3. The van der Waals surface area contributed by atoms with Gasteiger partial charge >= 0.3 is 0 Å². The normalized spacial score (nSPS) is 39.0. The van der Waals surface area contributed by atoms with E-state index in [-0.39, 0.29) is 0 Å². The quantitative estimate of drug-likeness (QED) is 0.666. The molecule has 3 aliphatic heterocycles. The molecule has 0 spiro atoms. The van der Waals surface area contributed by atoms with E-state index in [4.69, 9.17) is 4.74 Å². The second-order valence-electron chi connectivity index (χ2n) is 5.35. The standard InChI is InChI=1S/C12H22N2O/c1-2-13-5-10-3-4-14(7-11(10)6-13)12-8-15-9-12/h10-12H,2-9H2,1H3. The highest BCUT2D eigenvalue weighted by Gasteiger charge is 2.39. The van der Waals surface area contributed by atoms with Crippen molar-refractivity contribution in [2.24, 2.45) is 11.8 Å². The fraction of sp³-hybridized carbons (Fsp3) is 1.00. The topological polar surface area (TPSA) is 15.7 Å². The Balaban J connectivity index is 1.58. The third-order valence-corrected chi connectivity index (χ3v) is 4.49. The summed E-state index contributed by atoms with van der Waals surface area (Å²) in [5.74, 6) is 1.93. The number of likely N-dealkylation sites (tertiary alicyclic amines) is 2. The van der Waals surface area contributed by atoms with Crippen LogP contribution >= 0.6 is 0 Å². The summed E-state index contributed by atoms with van der Waals surface area (Å²) in [7, 11) is 0. The molecule has 0 bridgehead atoms. The van der Waals surface area contributed by atoms with Crippen LogP contribution in [-0.4, -0.2) is 61.8 Å². The van der Waals surface area contributed by atoms with Gasteiger partial charge in [-0.3, -0.25) is 4.90 Å². The van der Waals surface area contributed by atoms with Gasteiger partial charge in [-0.15, -0.1) is 0 Å². The molecule has 2 unspecified atom stereocenters. The number of hydrogen-bond donors (Lipinski definition) is 0. The van der Waals surface area contributed by atoms with Crippen molar-refractivity contribution < 1.29 is 4.74 Å². The van der Waals surface area contributed by atoms with Crippen LogP contribution in [0.4, 0.5) is 0 Å². The van der Waals surface area contributed by atoms with Crippen molar-refractivity contribution >= 4 is 0 Å². The highest BCUT2D eigenvalue weighted by molar-refractivity contribution is 4.92. The zero-order valence-corrected chi connectivity index (χ0v) is 9.69. The van der Waals surface area contributed by atoms with Gasteiger partial charge in [0.1, 0.15) is 0 Å². The Kier molecular flexibility index (Phi) is 2.71. The minimum atomic E-state index is 0.752. The third kappa shape index (κ3) is 1.81. The molecule has 3 fully saturated rings. The van der Waals surface area contributed by atoms with Gasteiger partial charge in [0.25, 0.3) is 0 Å². The second kappa shape index (κ2) is 4.04. The molecule has 3 nitrogen and oxygen atoms in total. The summed E-state index contributed by atoms with van der Waals surface area (Å²) < 4.78 is 5.29. The van der Waals surface area contributed by atoms with Crippen LogP contribution in [0.15, 0.2) is 0 Å². The fourth-order valence-corrected chi connectivity index (χ4v) is 3.32. The Labute approximate surface area is 92.4 Å². The van der Waals surface area contributed by atoms with Crippen molar-refractivity contribution in [3.63, 3.8) is 0 Å². The fourth-order valence-electron chi connectivity index (χ4n) is 3.32. The molecule has 0 amide bonds. The SMILES string of the molecule is CCN1CC2CCN(C3COC3)CC2C1. The van der Waals surface area contributed by atoms with E-state index in [9.17, 15) is 0 Å². The van der Waals surface area contributed by atoms with Gasteiger partial charge in [0.15, 0.2) is 0 Å². The van der Waals surface area contributed by atoms with E-state index in [1.807, 2.05) is 0 Å². The molecule has 0 radical (unpaired) electrons. The Hall–Kier alpha value is -0.120. The molecule has 3 heteroatoms. The lowest BCUT2D eigenvalue weighted by Gasteiger charge is -2.43. The van der Waals surface area contributed by atoms with Gasteiger partial charge in [-0.1, -0.05) is 6.92 Å². The first kappa shape index (κ1) is 10.1. The highest BCUT2D eigenvalue weighted by atomic mass is 16.5. The van der Waals surface area contributed by atoms with Crippen LogP contribution in [-0.2, 0) is 4.74 Å². The summed E-state index contributed by atoms with van der Waals surface area (Å²) in [5.41, 5.74) is 0. The summed E-state index contributed by atoms with van der Waals surface area (Å²) in [5, 5.41) is 0. The smallest absolute Gasteiger partial charge is 0.0645 e. The van der Waals surface area contributed by atoms with E-state index in [1.54, 1.807) is 0 Å². The predicted molar refractivity (Wildman–Crippen MR) is 59.9 cm³/mol. The van der Waals surface area contributed by atoms with Gasteiger partial charge < -0.3 is 9.64 Å². The van der Waals surface area contributed by atoms with Crippen LogP contribution in [0.2, 0.25) is 0 Å². The van der Waals surface area contributed by atoms with Gasteiger partial charge in [0, 0.05) is 19.6 Å². The molecular formula is C12H22N2O. The molecule has 0 aromatic heterocycles. The first-order valence-corrected chi connectivity index (χ1v) is 6.41. The Bertz CT molecular complexity index is 230. The first-order valence-electron chi connectivity index (χ1n) is 6.41. The van der Waals surface area contributed by atoms with Crippen LogP contribution in [0.1, 0.15) is 13.3 Å². The molecule has 0 aromatic rings.